The van der Waals surface area contributed by atoms with E-state index in [1.165, 1.54) is 0 Å². The fourth-order valence-corrected chi connectivity index (χ4v) is 3.98. The van der Waals surface area contributed by atoms with Crippen LogP contribution in [-0.4, -0.2) is 54.5 Å². The molecule has 8 nitrogen and oxygen atoms in total. The van der Waals surface area contributed by atoms with Crippen LogP contribution in [0.15, 0.2) is 48.5 Å². The molecule has 0 spiro atoms. The van der Waals surface area contributed by atoms with Crippen molar-refractivity contribution in [1.82, 2.24) is 10.6 Å². The van der Waals surface area contributed by atoms with Gasteiger partial charge in [0.1, 0.15) is 12.6 Å². The number of benzene rings is 2. The average molecular weight is 469 g/mol. The molecule has 34 heavy (non-hydrogen) atoms. The fraction of sp³-hybridized carbons (Fsp3) is 0.423. The van der Waals surface area contributed by atoms with Crippen LogP contribution in [-0.2, 0) is 19.1 Å². The van der Waals surface area contributed by atoms with Crippen LogP contribution in [0.5, 0.6) is 0 Å². The van der Waals surface area contributed by atoms with Crippen LogP contribution in [0.4, 0.5) is 4.79 Å². The Hall–Kier alpha value is -3.39. The van der Waals surface area contributed by atoms with Crippen LogP contribution in [0.3, 0.4) is 0 Å². The van der Waals surface area contributed by atoms with E-state index in [1.54, 1.807) is 14.0 Å². The predicted molar refractivity (Wildman–Crippen MR) is 128 cm³/mol. The van der Waals surface area contributed by atoms with Crippen molar-refractivity contribution >= 4 is 18.0 Å². The standard InChI is InChI=1S/C26H32N2O6/c1-16(26(2,3)33-4)27-24(31)22(13-14-23(29)30)28-25(32)34-15-21-19-11-7-5-9-17(19)18-10-6-8-12-20(18)21/h5-12,16,21-22H,13-15H2,1-4H3,(H,27,31)(H,28,32)(H,29,30). The van der Waals surface area contributed by atoms with Crippen LogP contribution in [0.25, 0.3) is 11.1 Å². The van der Waals surface area contributed by atoms with Gasteiger partial charge in [0.2, 0.25) is 5.91 Å². The number of carbonyl (C=O) groups excluding carboxylic acids is 2. The highest BCUT2D eigenvalue weighted by Crippen LogP contribution is 2.44. The van der Waals surface area contributed by atoms with E-state index in [4.69, 9.17) is 14.6 Å². The van der Waals surface area contributed by atoms with Gasteiger partial charge in [-0.2, -0.15) is 0 Å². The van der Waals surface area contributed by atoms with Gasteiger partial charge in [0.05, 0.1) is 11.6 Å². The first-order valence-electron chi connectivity index (χ1n) is 11.3. The van der Waals surface area contributed by atoms with Crippen LogP contribution in [0.1, 0.15) is 50.7 Å². The number of carboxylic acid groups (broad SMARTS) is 1. The van der Waals surface area contributed by atoms with E-state index in [0.29, 0.717) is 0 Å². The van der Waals surface area contributed by atoms with E-state index in [9.17, 15) is 14.4 Å². The zero-order chi connectivity index (χ0) is 24.9. The smallest absolute Gasteiger partial charge is 0.407 e. The van der Waals surface area contributed by atoms with Gasteiger partial charge in [-0.15, -0.1) is 0 Å². The number of amides is 2. The Balaban J connectivity index is 1.66. The minimum Gasteiger partial charge on any atom is -0.481 e. The minimum absolute atomic E-state index is 0.0640. The summed E-state index contributed by atoms with van der Waals surface area (Å²) in [5, 5.41) is 14.4. The Morgan fingerprint density at radius 2 is 1.56 bits per heavy atom. The molecule has 0 saturated heterocycles. The zero-order valence-corrected chi connectivity index (χ0v) is 20.0. The van der Waals surface area contributed by atoms with Crippen molar-refractivity contribution < 1.29 is 29.0 Å². The Labute approximate surface area is 199 Å². The lowest BCUT2D eigenvalue weighted by Crippen LogP contribution is -2.54. The number of alkyl carbamates (subject to hydrolysis) is 1. The summed E-state index contributed by atoms with van der Waals surface area (Å²) >= 11 is 0. The van der Waals surface area contributed by atoms with Crippen molar-refractivity contribution in [3.05, 3.63) is 59.7 Å². The molecule has 0 heterocycles. The highest BCUT2D eigenvalue weighted by molar-refractivity contribution is 5.86. The largest absolute Gasteiger partial charge is 0.481 e. The highest BCUT2D eigenvalue weighted by Gasteiger charge is 2.32. The molecule has 2 unspecified atom stereocenters. The topological polar surface area (TPSA) is 114 Å². The van der Waals surface area contributed by atoms with Crippen molar-refractivity contribution in [3.63, 3.8) is 0 Å². The van der Waals surface area contributed by atoms with Gasteiger partial charge >= 0.3 is 12.1 Å². The SMILES string of the molecule is COC(C)(C)C(C)NC(=O)C(CCC(=O)O)NC(=O)OCC1c2ccccc2-c2ccccc21. The maximum atomic E-state index is 12.8. The number of methoxy groups -OCH3 is 1. The van der Waals surface area contributed by atoms with Crippen LogP contribution >= 0.6 is 0 Å². The van der Waals surface area contributed by atoms with Gasteiger partial charge in [0, 0.05) is 19.4 Å². The molecule has 1 aliphatic rings. The van der Waals surface area contributed by atoms with E-state index >= 15 is 0 Å². The van der Waals surface area contributed by atoms with Crippen molar-refractivity contribution in [2.45, 2.75) is 57.2 Å². The third-order valence-electron chi connectivity index (χ3n) is 6.53. The number of nitrogens with one attached hydrogen (secondary N) is 2. The Kier molecular flexibility index (Phi) is 7.94. The number of rotatable bonds is 10. The van der Waals surface area contributed by atoms with Crippen molar-refractivity contribution in [3.8, 4) is 11.1 Å². The molecule has 8 heteroatoms. The summed E-state index contributed by atoms with van der Waals surface area (Å²) in [6.07, 6.45) is -1.11. The molecule has 1 aliphatic carbocycles. The first-order valence-corrected chi connectivity index (χ1v) is 11.3. The monoisotopic (exact) mass is 468 g/mol. The number of carbonyl (C=O) groups is 3. The Morgan fingerprint density at radius 3 is 2.09 bits per heavy atom. The molecule has 0 aliphatic heterocycles. The molecular weight excluding hydrogens is 436 g/mol. The second-order valence-electron chi connectivity index (χ2n) is 8.99. The van der Waals surface area contributed by atoms with E-state index in [1.807, 2.05) is 62.4 Å². The average Bonchev–Trinajstić information content (AvgIpc) is 3.13. The summed E-state index contributed by atoms with van der Waals surface area (Å²) in [5.41, 5.74) is 3.73. The molecule has 2 atom stereocenters. The normalized spacial score (nSPS) is 14.5. The third kappa shape index (κ3) is 5.75. The number of ether oxygens (including phenoxy) is 2. The van der Waals surface area contributed by atoms with Crippen LogP contribution in [0, 0.1) is 0 Å². The van der Waals surface area contributed by atoms with Crippen LogP contribution < -0.4 is 10.6 Å². The molecule has 2 aromatic carbocycles. The van der Waals surface area contributed by atoms with Gasteiger partial charge in [-0.05, 0) is 49.4 Å². The molecule has 2 amide bonds. The molecule has 2 aromatic rings. The molecule has 0 aromatic heterocycles. The summed E-state index contributed by atoms with van der Waals surface area (Å²) < 4.78 is 10.9. The maximum absolute atomic E-state index is 12.8. The minimum atomic E-state index is -1.06. The first kappa shape index (κ1) is 25.2. The fourth-order valence-electron chi connectivity index (χ4n) is 3.98. The van der Waals surface area contributed by atoms with Gasteiger partial charge in [-0.3, -0.25) is 9.59 Å². The molecule has 3 N–H and O–H groups in total. The lowest BCUT2D eigenvalue weighted by molar-refractivity contribution is -0.137. The quantitative estimate of drug-likeness (QED) is 0.490. The zero-order valence-electron chi connectivity index (χ0n) is 20.0. The van der Waals surface area contributed by atoms with Gasteiger partial charge in [-0.1, -0.05) is 48.5 Å². The summed E-state index contributed by atoms with van der Waals surface area (Å²) in [6.45, 7) is 5.52. The lowest BCUT2D eigenvalue weighted by atomic mass is 9.98. The van der Waals surface area contributed by atoms with Crippen molar-refractivity contribution in [1.29, 1.82) is 0 Å². The number of hydrogen-bond donors (Lipinski definition) is 3. The van der Waals surface area contributed by atoms with Gasteiger partial charge < -0.3 is 25.2 Å². The number of hydrogen-bond acceptors (Lipinski definition) is 5. The Bertz CT molecular complexity index is 1010. The first-order chi connectivity index (χ1) is 16.1. The number of carboxylic acids is 1. The molecule has 182 valence electrons. The molecule has 0 saturated carbocycles. The van der Waals surface area contributed by atoms with Gasteiger partial charge in [-0.25, -0.2) is 4.79 Å². The molecule has 0 radical (unpaired) electrons. The van der Waals surface area contributed by atoms with E-state index in [-0.39, 0.29) is 31.4 Å². The summed E-state index contributed by atoms with van der Waals surface area (Å²) in [5.74, 6) is -1.67. The maximum Gasteiger partial charge on any atom is 0.407 e. The van der Waals surface area contributed by atoms with E-state index in [0.717, 1.165) is 22.3 Å². The van der Waals surface area contributed by atoms with Crippen LogP contribution in [0.2, 0.25) is 0 Å². The Morgan fingerprint density at radius 1 is 1.00 bits per heavy atom. The third-order valence-corrected chi connectivity index (χ3v) is 6.53. The highest BCUT2D eigenvalue weighted by atomic mass is 16.5. The second-order valence-corrected chi connectivity index (χ2v) is 8.99. The predicted octanol–water partition coefficient (Wildman–Crippen LogP) is 3.69. The molecule has 0 bridgehead atoms. The van der Waals surface area contributed by atoms with Gasteiger partial charge in [0.25, 0.3) is 0 Å². The van der Waals surface area contributed by atoms with E-state index < -0.39 is 29.6 Å². The summed E-state index contributed by atoms with van der Waals surface area (Å²) in [6, 6.07) is 14.5. The molecule has 0 fully saturated rings. The number of fused-ring (bicyclic) bond motifs is 3. The second kappa shape index (κ2) is 10.7. The summed E-state index contributed by atoms with van der Waals surface area (Å²) in [7, 11) is 1.54. The van der Waals surface area contributed by atoms with Gasteiger partial charge in [0.15, 0.2) is 0 Å². The van der Waals surface area contributed by atoms with Crippen molar-refractivity contribution in [2.24, 2.45) is 0 Å². The number of aliphatic carboxylic acids is 1. The summed E-state index contributed by atoms with van der Waals surface area (Å²) in [4.78, 5) is 36.5. The molecular formula is C26H32N2O6. The van der Waals surface area contributed by atoms with E-state index in [2.05, 4.69) is 10.6 Å². The van der Waals surface area contributed by atoms with Crippen molar-refractivity contribution in [2.75, 3.05) is 13.7 Å². The lowest BCUT2D eigenvalue weighted by Gasteiger charge is -2.32. The molecule has 3 rings (SSSR count).